The Morgan fingerprint density at radius 3 is 2.31 bits per heavy atom. The van der Waals surface area contributed by atoms with E-state index < -0.39 is 0 Å². The van der Waals surface area contributed by atoms with E-state index >= 15 is 0 Å². The lowest BCUT2D eigenvalue weighted by Gasteiger charge is -2.22. The molecule has 2 nitrogen and oxygen atoms in total. The van der Waals surface area contributed by atoms with E-state index in [1.54, 1.807) is 11.3 Å². The molecule has 0 aliphatic rings. The number of fused-ring (bicyclic) bond motifs is 3. The van der Waals surface area contributed by atoms with Crippen LogP contribution < -0.4 is 0 Å². The van der Waals surface area contributed by atoms with E-state index in [1.165, 1.54) is 58.9 Å². The number of nitrogens with zero attached hydrogens (tertiary/aromatic N) is 1. The molecule has 3 heterocycles. The molecule has 0 saturated heterocycles. The fourth-order valence-electron chi connectivity index (χ4n) is 5.85. The van der Waals surface area contributed by atoms with Gasteiger partial charge in [-0.2, -0.15) is 0 Å². The number of rotatable bonds is 3. The summed E-state index contributed by atoms with van der Waals surface area (Å²) in [5.41, 5.74) is 8.59. The molecule has 0 fully saturated rings. The molecule has 6 aromatic rings. The van der Waals surface area contributed by atoms with Crippen molar-refractivity contribution < 1.29 is 4.42 Å². The second-order valence-electron chi connectivity index (χ2n) is 13.2. The number of benzene rings is 3. The maximum atomic E-state index is 6.61. The summed E-state index contributed by atoms with van der Waals surface area (Å²) in [4.78, 5) is 6.14. The molecule has 3 heteroatoms. The average Bonchev–Trinajstić information content (AvgIpc) is 3.37. The number of aromatic nitrogens is 1. The van der Waals surface area contributed by atoms with Crippen LogP contribution in [0.2, 0.25) is 0 Å². The van der Waals surface area contributed by atoms with Gasteiger partial charge in [-0.25, -0.2) is 0 Å². The molecule has 39 heavy (non-hydrogen) atoms. The van der Waals surface area contributed by atoms with Crippen LogP contribution in [0.3, 0.4) is 0 Å². The normalized spacial score (nSPS) is 12.7. The predicted octanol–water partition coefficient (Wildman–Crippen LogP) is 11.0. The Hall–Kier alpha value is -3.43. The van der Waals surface area contributed by atoms with Crippen LogP contribution in [-0.4, -0.2) is 4.98 Å². The summed E-state index contributed by atoms with van der Waals surface area (Å²) in [6.45, 7) is 18.1. The van der Waals surface area contributed by atoms with Crippen molar-refractivity contribution in [2.24, 2.45) is 5.41 Å². The fourth-order valence-corrected chi connectivity index (χ4v) is 7.20. The third kappa shape index (κ3) is 4.57. The zero-order chi connectivity index (χ0) is 27.7. The van der Waals surface area contributed by atoms with Crippen LogP contribution in [0.4, 0.5) is 0 Å². The van der Waals surface area contributed by atoms with Crippen molar-refractivity contribution in [3.05, 3.63) is 89.1 Å². The largest absolute Gasteiger partial charge is 0.455 e. The standard InChI is InChI=1S/C36H37NOS/c1-21-26-14-13-23(20-35(3,4)5)17-30(26)38-32(21)33-22(2)27-15-16-37-31(34(27)39-33)25-18-24-11-9-10-12-28(24)29(19-25)36(6,7)8/h9-19H,20H2,1-8H3. The SMILES string of the molecule is Cc1c(-c2sc3c(-c4cc(C(C)(C)C)c5ccccc5c4)nccc3c2C)oc2cc(CC(C)(C)C)ccc12. The van der Waals surface area contributed by atoms with E-state index in [9.17, 15) is 0 Å². The predicted molar refractivity (Wildman–Crippen MR) is 169 cm³/mol. The Bertz CT molecular complexity index is 1870. The highest BCUT2D eigenvalue weighted by atomic mass is 32.1. The van der Waals surface area contributed by atoms with Crippen LogP contribution in [-0.2, 0) is 11.8 Å². The molecular weight excluding hydrogens is 494 g/mol. The van der Waals surface area contributed by atoms with Gasteiger partial charge < -0.3 is 4.42 Å². The lowest BCUT2D eigenvalue weighted by Crippen LogP contribution is -2.12. The van der Waals surface area contributed by atoms with Gasteiger partial charge in [-0.1, -0.05) is 77.9 Å². The van der Waals surface area contributed by atoms with Gasteiger partial charge >= 0.3 is 0 Å². The van der Waals surface area contributed by atoms with Gasteiger partial charge in [0.25, 0.3) is 0 Å². The molecule has 0 amide bonds. The van der Waals surface area contributed by atoms with Gasteiger partial charge in [0.15, 0.2) is 0 Å². The third-order valence-corrected chi connectivity index (χ3v) is 9.05. The summed E-state index contributed by atoms with van der Waals surface area (Å²) in [5, 5.41) is 5.01. The van der Waals surface area contributed by atoms with Crippen LogP contribution in [0.1, 0.15) is 63.8 Å². The van der Waals surface area contributed by atoms with Crippen molar-refractivity contribution in [2.75, 3.05) is 0 Å². The van der Waals surface area contributed by atoms with Crippen LogP contribution in [0.15, 0.2) is 71.3 Å². The van der Waals surface area contributed by atoms with Gasteiger partial charge in [0.2, 0.25) is 0 Å². The van der Waals surface area contributed by atoms with Gasteiger partial charge in [-0.15, -0.1) is 11.3 Å². The van der Waals surface area contributed by atoms with Gasteiger partial charge in [0, 0.05) is 22.7 Å². The monoisotopic (exact) mass is 531 g/mol. The average molecular weight is 532 g/mol. The van der Waals surface area contributed by atoms with E-state index in [1.807, 2.05) is 6.20 Å². The van der Waals surface area contributed by atoms with Crippen molar-refractivity contribution in [1.82, 2.24) is 4.98 Å². The molecule has 198 valence electrons. The van der Waals surface area contributed by atoms with Crippen molar-refractivity contribution in [2.45, 2.75) is 67.2 Å². The summed E-state index contributed by atoms with van der Waals surface area (Å²) >= 11 is 1.80. The fraction of sp³-hybridized carbons (Fsp3) is 0.306. The first-order valence-electron chi connectivity index (χ1n) is 13.8. The van der Waals surface area contributed by atoms with Crippen LogP contribution in [0.25, 0.3) is 53.7 Å². The van der Waals surface area contributed by atoms with Gasteiger partial charge in [0.05, 0.1) is 15.3 Å². The van der Waals surface area contributed by atoms with Crippen molar-refractivity contribution in [3.63, 3.8) is 0 Å². The minimum atomic E-state index is 0.0251. The maximum Gasteiger partial charge on any atom is 0.148 e. The highest BCUT2D eigenvalue weighted by molar-refractivity contribution is 7.23. The Kier molecular flexibility index (Phi) is 6.00. The van der Waals surface area contributed by atoms with E-state index in [-0.39, 0.29) is 10.8 Å². The van der Waals surface area contributed by atoms with Gasteiger partial charge in [-0.3, -0.25) is 4.98 Å². The molecule has 0 atom stereocenters. The highest BCUT2D eigenvalue weighted by Crippen LogP contribution is 2.46. The quantitative estimate of drug-likeness (QED) is 0.227. The molecule has 0 saturated carbocycles. The number of thiophene rings is 1. The van der Waals surface area contributed by atoms with E-state index in [2.05, 4.69) is 116 Å². The Morgan fingerprint density at radius 1 is 0.795 bits per heavy atom. The summed E-state index contributed by atoms with van der Waals surface area (Å²) in [5.74, 6) is 0.983. The van der Waals surface area contributed by atoms with Gasteiger partial charge in [0.1, 0.15) is 11.3 Å². The topological polar surface area (TPSA) is 26.0 Å². The summed E-state index contributed by atoms with van der Waals surface area (Å²) in [7, 11) is 0. The Labute approximate surface area is 235 Å². The van der Waals surface area contributed by atoms with Crippen LogP contribution >= 0.6 is 11.3 Å². The highest BCUT2D eigenvalue weighted by Gasteiger charge is 2.23. The molecule has 0 N–H and O–H groups in total. The molecule has 3 aromatic carbocycles. The zero-order valence-corrected chi connectivity index (χ0v) is 25.1. The molecular formula is C36H37NOS. The lowest BCUT2D eigenvalue weighted by molar-refractivity contribution is 0.411. The van der Waals surface area contributed by atoms with Crippen molar-refractivity contribution in [3.8, 4) is 21.9 Å². The van der Waals surface area contributed by atoms with Gasteiger partial charge in [-0.05, 0) is 88.2 Å². The number of aryl methyl sites for hydroxylation is 2. The number of hydrogen-bond acceptors (Lipinski definition) is 3. The smallest absolute Gasteiger partial charge is 0.148 e. The minimum Gasteiger partial charge on any atom is -0.455 e. The lowest BCUT2D eigenvalue weighted by atomic mass is 9.82. The Balaban J connectivity index is 1.53. The van der Waals surface area contributed by atoms with E-state index in [0.29, 0.717) is 0 Å². The molecule has 0 unspecified atom stereocenters. The second-order valence-corrected chi connectivity index (χ2v) is 14.2. The zero-order valence-electron chi connectivity index (χ0n) is 24.3. The second kappa shape index (κ2) is 9.06. The first-order chi connectivity index (χ1) is 18.4. The minimum absolute atomic E-state index is 0.0251. The Morgan fingerprint density at radius 2 is 1.56 bits per heavy atom. The molecule has 0 aliphatic heterocycles. The number of pyridine rings is 1. The molecule has 0 spiro atoms. The first-order valence-corrected chi connectivity index (χ1v) is 14.7. The van der Waals surface area contributed by atoms with E-state index in [0.717, 1.165) is 23.5 Å². The van der Waals surface area contributed by atoms with Crippen LogP contribution in [0.5, 0.6) is 0 Å². The molecule has 0 radical (unpaired) electrons. The number of hydrogen-bond donors (Lipinski definition) is 0. The summed E-state index contributed by atoms with van der Waals surface area (Å²) in [6.07, 6.45) is 2.98. The van der Waals surface area contributed by atoms with Crippen LogP contribution in [0, 0.1) is 19.3 Å². The molecule has 0 aliphatic carbocycles. The third-order valence-electron chi connectivity index (χ3n) is 7.74. The maximum absolute atomic E-state index is 6.61. The summed E-state index contributed by atoms with van der Waals surface area (Å²) < 4.78 is 7.82. The van der Waals surface area contributed by atoms with Crippen molar-refractivity contribution >= 4 is 43.2 Å². The van der Waals surface area contributed by atoms with E-state index in [4.69, 9.17) is 9.40 Å². The first kappa shape index (κ1) is 25.8. The molecule has 6 rings (SSSR count). The molecule has 0 bridgehead atoms. The molecule has 3 aromatic heterocycles. The van der Waals surface area contributed by atoms with Crippen molar-refractivity contribution in [1.29, 1.82) is 0 Å². The number of furan rings is 1. The summed E-state index contributed by atoms with van der Waals surface area (Å²) in [6, 6.07) is 22.2.